The van der Waals surface area contributed by atoms with E-state index in [0.29, 0.717) is 24.3 Å². The van der Waals surface area contributed by atoms with E-state index in [9.17, 15) is 4.79 Å². The minimum Gasteiger partial charge on any atom is -0.467 e. The number of hydrogen-bond donors (Lipinski definition) is 1. The van der Waals surface area contributed by atoms with E-state index < -0.39 is 0 Å². The molecule has 1 aromatic carbocycles. The van der Waals surface area contributed by atoms with Crippen LogP contribution in [0.25, 0.3) is 16.4 Å². The smallest absolute Gasteiger partial charge is 0.255 e. The Kier molecular flexibility index (Phi) is 5.08. The second-order valence-electron chi connectivity index (χ2n) is 6.41. The molecule has 0 spiro atoms. The Morgan fingerprint density at radius 1 is 1.25 bits per heavy atom. The number of rotatable bonds is 6. The molecule has 0 saturated heterocycles. The number of hydrogen-bond acceptors (Lipinski definition) is 5. The number of carbonyl (C=O) groups is 1. The Hall–Kier alpha value is -3.19. The van der Waals surface area contributed by atoms with Crippen molar-refractivity contribution in [3.05, 3.63) is 76.8 Å². The van der Waals surface area contributed by atoms with Crippen molar-refractivity contribution < 1.29 is 9.21 Å². The third-order valence-electron chi connectivity index (χ3n) is 4.47. The lowest BCUT2D eigenvalue weighted by atomic mass is 10.1. The van der Waals surface area contributed by atoms with E-state index in [0.717, 1.165) is 22.1 Å². The van der Waals surface area contributed by atoms with E-state index in [-0.39, 0.29) is 5.91 Å². The quantitative estimate of drug-likeness (QED) is 0.528. The molecule has 7 heteroatoms. The van der Waals surface area contributed by atoms with Crippen LogP contribution >= 0.6 is 11.3 Å². The van der Waals surface area contributed by atoms with Gasteiger partial charge in [-0.1, -0.05) is 36.8 Å². The zero-order chi connectivity index (χ0) is 19.5. The lowest BCUT2D eigenvalue weighted by Gasteiger charge is -2.06. The molecule has 6 nitrogen and oxygen atoms in total. The van der Waals surface area contributed by atoms with E-state index in [2.05, 4.69) is 41.6 Å². The fraction of sp³-hybridized carbons (Fsp3) is 0.190. The maximum atomic E-state index is 12.6. The van der Waals surface area contributed by atoms with Crippen LogP contribution in [-0.2, 0) is 13.0 Å². The first kappa shape index (κ1) is 18.2. The van der Waals surface area contributed by atoms with Gasteiger partial charge in [-0.2, -0.15) is 5.10 Å². The highest BCUT2D eigenvalue weighted by Crippen LogP contribution is 2.26. The van der Waals surface area contributed by atoms with Gasteiger partial charge in [0.25, 0.3) is 5.91 Å². The Morgan fingerprint density at radius 2 is 2.07 bits per heavy atom. The highest BCUT2D eigenvalue weighted by atomic mass is 32.1. The molecule has 0 saturated carbocycles. The molecule has 0 unspecified atom stereocenters. The van der Waals surface area contributed by atoms with Crippen LogP contribution in [0.5, 0.6) is 0 Å². The average molecular weight is 392 g/mol. The number of nitrogens with one attached hydrogen (secondary N) is 1. The minimum absolute atomic E-state index is 0.171. The Balaban J connectivity index is 1.57. The van der Waals surface area contributed by atoms with Crippen LogP contribution in [-0.4, -0.2) is 20.7 Å². The normalized spacial score (nSPS) is 10.9. The Labute approximate surface area is 166 Å². The van der Waals surface area contributed by atoms with E-state index in [4.69, 9.17) is 9.40 Å². The van der Waals surface area contributed by atoms with Gasteiger partial charge in [0.05, 0.1) is 36.0 Å². The number of benzene rings is 1. The average Bonchev–Trinajstić information content (AvgIpc) is 3.46. The van der Waals surface area contributed by atoms with Crippen molar-refractivity contribution in [2.45, 2.75) is 26.8 Å². The molecule has 3 aromatic heterocycles. The number of carbonyl (C=O) groups excluding carboxylic acids is 1. The number of amides is 1. The van der Waals surface area contributed by atoms with Gasteiger partial charge in [0, 0.05) is 10.9 Å². The van der Waals surface area contributed by atoms with Crippen LogP contribution < -0.4 is 5.32 Å². The number of thiazole rings is 1. The maximum Gasteiger partial charge on any atom is 0.255 e. The molecular weight excluding hydrogens is 372 g/mol. The van der Waals surface area contributed by atoms with Gasteiger partial charge in [0.1, 0.15) is 5.76 Å². The van der Waals surface area contributed by atoms with Crippen molar-refractivity contribution in [3.63, 3.8) is 0 Å². The van der Waals surface area contributed by atoms with Gasteiger partial charge in [-0.05, 0) is 25.5 Å². The van der Waals surface area contributed by atoms with E-state index in [1.165, 1.54) is 16.9 Å². The summed E-state index contributed by atoms with van der Waals surface area (Å²) < 4.78 is 7.01. The van der Waals surface area contributed by atoms with Crippen LogP contribution in [0.1, 0.15) is 34.3 Å². The molecule has 3 heterocycles. The molecule has 1 N–H and O–H groups in total. The maximum absolute atomic E-state index is 12.6. The van der Waals surface area contributed by atoms with Gasteiger partial charge >= 0.3 is 0 Å². The van der Waals surface area contributed by atoms with Crippen molar-refractivity contribution in [2.24, 2.45) is 0 Å². The van der Waals surface area contributed by atoms with Gasteiger partial charge in [0.15, 0.2) is 0 Å². The molecule has 1 amide bonds. The fourth-order valence-electron chi connectivity index (χ4n) is 2.96. The molecule has 142 valence electrons. The zero-order valence-corrected chi connectivity index (χ0v) is 16.5. The standard InChI is InChI=1S/C21H20N4O2S/c1-3-19-17(20(26)22-11-16-5-4-10-27-16)12-23-25(19)21-24-18(13-28-21)15-8-6-14(2)7-9-15/h4-10,12-13H,3,11H2,1-2H3,(H,22,26). The molecule has 0 radical (unpaired) electrons. The van der Waals surface area contributed by atoms with E-state index in [1.807, 2.05) is 18.4 Å². The van der Waals surface area contributed by atoms with Crippen molar-refractivity contribution >= 4 is 17.2 Å². The highest BCUT2D eigenvalue weighted by molar-refractivity contribution is 7.12. The van der Waals surface area contributed by atoms with Crippen LogP contribution in [0.4, 0.5) is 0 Å². The SMILES string of the molecule is CCc1c(C(=O)NCc2ccco2)cnn1-c1nc(-c2ccc(C)cc2)cs1. The summed E-state index contributed by atoms with van der Waals surface area (Å²) in [5.74, 6) is 0.538. The number of aromatic nitrogens is 3. The molecule has 0 fully saturated rings. The van der Waals surface area contributed by atoms with Gasteiger partial charge < -0.3 is 9.73 Å². The molecular formula is C21H20N4O2S. The van der Waals surface area contributed by atoms with Crippen LogP contribution in [0.15, 0.2) is 58.7 Å². The Bertz CT molecular complexity index is 1080. The lowest BCUT2D eigenvalue weighted by molar-refractivity contribution is 0.0947. The summed E-state index contributed by atoms with van der Waals surface area (Å²) in [7, 11) is 0. The molecule has 0 bridgehead atoms. The molecule has 0 atom stereocenters. The number of aryl methyl sites for hydroxylation is 1. The molecule has 4 rings (SSSR count). The fourth-order valence-corrected chi connectivity index (χ4v) is 3.78. The monoisotopic (exact) mass is 392 g/mol. The first-order valence-electron chi connectivity index (χ1n) is 9.06. The minimum atomic E-state index is -0.171. The first-order valence-corrected chi connectivity index (χ1v) is 9.94. The van der Waals surface area contributed by atoms with Gasteiger partial charge in [-0.3, -0.25) is 4.79 Å². The summed E-state index contributed by atoms with van der Waals surface area (Å²) in [5.41, 5.74) is 4.57. The largest absolute Gasteiger partial charge is 0.467 e. The van der Waals surface area contributed by atoms with Crippen molar-refractivity contribution in [3.8, 4) is 16.4 Å². The third-order valence-corrected chi connectivity index (χ3v) is 5.29. The molecule has 0 aliphatic rings. The van der Waals surface area contributed by atoms with Crippen molar-refractivity contribution in [1.82, 2.24) is 20.1 Å². The number of furan rings is 1. The molecule has 28 heavy (non-hydrogen) atoms. The summed E-state index contributed by atoms with van der Waals surface area (Å²) in [4.78, 5) is 17.3. The summed E-state index contributed by atoms with van der Waals surface area (Å²) >= 11 is 1.51. The van der Waals surface area contributed by atoms with Crippen LogP contribution in [0, 0.1) is 6.92 Å². The second-order valence-corrected chi connectivity index (χ2v) is 7.25. The Morgan fingerprint density at radius 3 is 2.79 bits per heavy atom. The molecule has 4 aromatic rings. The first-order chi connectivity index (χ1) is 13.7. The van der Waals surface area contributed by atoms with Crippen LogP contribution in [0.3, 0.4) is 0 Å². The van der Waals surface area contributed by atoms with E-state index in [1.54, 1.807) is 23.2 Å². The topological polar surface area (TPSA) is 73.0 Å². The summed E-state index contributed by atoms with van der Waals surface area (Å²) in [5, 5.41) is 10.1. The molecule has 0 aliphatic heterocycles. The molecule has 0 aliphatic carbocycles. The predicted octanol–water partition coefficient (Wildman–Crippen LogP) is 4.39. The third kappa shape index (κ3) is 3.61. The predicted molar refractivity (Wildman–Crippen MR) is 109 cm³/mol. The van der Waals surface area contributed by atoms with Crippen molar-refractivity contribution in [2.75, 3.05) is 0 Å². The zero-order valence-electron chi connectivity index (χ0n) is 15.7. The summed E-state index contributed by atoms with van der Waals surface area (Å²) in [6, 6.07) is 11.9. The second kappa shape index (κ2) is 7.82. The highest BCUT2D eigenvalue weighted by Gasteiger charge is 2.19. The summed E-state index contributed by atoms with van der Waals surface area (Å²) in [6.45, 7) is 4.41. The van der Waals surface area contributed by atoms with Crippen LogP contribution in [0.2, 0.25) is 0 Å². The lowest BCUT2D eigenvalue weighted by Crippen LogP contribution is -2.23. The van der Waals surface area contributed by atoms with Crippen molar-refractivity contribution in [1.29, 1.82) is 0 Å². The summed E-state index contributed by atoms with van der Waals surface area (Å²) in [6.07, 6.45) is 3.86. The van der Waals surface area contributed by atoms with Gasteiger partial charge in [-0.25, -0.2) is 9.67 Å². The van der Waals surface area contributed by atoms with Gasteiger partial charge in [-0.15, -0.1) is 11.3 Å². The number of nitrogens with zero attached hydrogens (tertiary/aromatic N) is 3. The van der Waals surface area contributed by atoms with E-state index >= 15 is 0 Å². The van der Waals surface area contributed by atoms with Gasteiger partial charge in [0.2, 0.25) is 5.13 Å².